The topological polar surface area (TPSA) is 125 Å². The predicted octanol–water partition coefficient (Wildman–Crippen LogP) is 5.55. The van der Waals surface area contributed by atoms with Crippen LogP contribution in [0.2, 0.25) is 0 Å². The Morgan fingerprint density at radius 1 is 1.02 bits per heavy atom. The molecule has 0 aliphatic carbocycles. The summed E-state index contributed by atoms with van der Waals surface area (Å²) in [6, 6.07) is 21.1. The van der Waals surface area contributed by atoms with Gasteiger partial charge in [0, 0.05) is 47.9 Å². The Kier molecular flexibility index (Phi) is 7.41. The summed E-state index contributed by atoms with van der Waals surface area (Å²) in [5, 5.41) is 14.1. The summed E-state index contributed by atoms with van der Waals surface area (Å²) in [6.07, 6.45) is 5.64. The average molecular weight is 618 g/mol. The van der Waals surface area contributed by atoms with Crippen molar-refractivity contribution in [2.75, 3.05) is 19.2 Å². The van der Waals surface area contributed by atoms with Gasteiger partial charge in [-0.15, -0.1) is 0 Å². The van der Waals surface area contributed by atoms with Crippen LogP contribution in [0, 0.1) is 0 Å². The first-order chi connectivity index (χ1) is 22.4. The Balaban J connectivity index is 1.31. The number of rotatable bonds is 5. The molecule has 11 nitrogen and oxygen atoms in total. The van der Waals surface area contributed by atoms with Gasteiger partial charge in [-0.05, 0) is 66.4 Å². The molecule has 0 saturated heterocycles. The minimum Gasteiger partial charge on any atom is -0.508 e. The lowest BCUT2D eigenvalue weighted by Crippen LogP contribution is -2.44. The van der Waals surface area contributed by atoms with Crippen molar-refractivity contribution >= 4 is 28.9 Å². The van der Waals surface area contributed by atoms with Crippen molar-refractivity contribution in [1.82, 2.24) is 20.3 Å². The highest BCUT2D eigenvalue weighted by atomic mass is 16.7. The van der Waals surface area contributed by atoms with E-state index in [9.17, 15) is 14.7 Å². The molecule has 1 aromatic heterocycles. The number of phenols is 1. The molecule has 0 unspecified atom stereocenters. The van der Waals surface area contributed by atoms with E-state index in [4.69, 9.17) is 14.2 Å². The van der Waals surface area contributed by atoms with Crippen molar-refractivity contribution in [2.45, 2.75) is 25.9 Å². The monoisotopic (exact) mass is 617 g/mol. The second-order valence-corrected chi connectivity index (χ2v) is 11.2. The summed E-state index contributed by atoms with van der Waals surface area (Å²) in [5.41, 5.74) is 8.91. The molecular formula is C35H31N5O6. The number of allylic oxidation sites excluding steroid dienone is 2. The second kappa shape index (κ2) is 11.8. The Hall–Kier alpha value is -5.97. The number of ether oxygens (including phenoxy) is 3. The van der Waals surface area contributed by atoms with Crippen LogP contribution < -0.4 is 25.0 Å². The van der Waals surface area contributed by atoms with Crippen LogP contribution in [0.15, 0.2) is 91.3 Å². The molecule has 0 bridgehead atoms. The van der Waals surface area contributed by atoms with Crippen LogP contribution in [0.25, 0.3) is 11.3 Å². The number of amides is 3. The molecule has 232 valence electrons. The fourth-order valence-electron chi connectivity index (χ4n) is 5.87. The lowest BCUT2D eigenvalue weighted by molar-refractivity contribution is 0.0657. The maximum atomic E-state index is 14.5. The summed E-state index contributed by atoms with van der Waals surface area (Å²) in [5.74, 6) is 1.25. The first kappa shape index (κ1) is 28.8. The SMILES string of the molecule is COc1cc(NC(=O)N2C=CC(c3ccc(O)cc3)=C(c3cc4c(cc3C(=O)N3Cc5ccccc5C[C@H]3C)OCO4)N2)ccn1. The number of phenolic OH excluding ortho intramolecular Hbond substituents is 1. The van der Waals surface area contributed by atoms with Crippen molar-refractivity contribution in [3.8, 4) is 23.1 Å². The van der Waals surface area contributed by atoms with Crippen molar-refractivity contribution in [2.24, 2.45) is 0 Å². The number of pyridine rings is 1. The van der Waals surface area contributed by atoms with Gasteiger partial charge in [-0.3, -0.25) is 10.2 Å². The molecule has 4 heterocycles. The smallest absolute Gasteiger partial charge is 0.344 e. The number of methoxy groups -OCH3 is 1. The van der Waals surface area contributed by atoms with Crippen molar-refractivity contribution in [3.05, 3.63) is 119 Å². The van der Waals surface area contributed by atoms with Gasteiger partial charge in [-0.1, -0.05) is 36.4 Å². The number of aromatic nitrogens is 1. The number of aromatic hydroxyl groups is 1. The Bertz CT molecular complexity index is 1900. The largest absolute Gasteiger partial charge is 0.508 e. The normalized spacial score (nSPS) is 16.5. The summed E-state index contributed by atoms with van der Waals surface area (Å²) >= 11 is 0. The third-order valence-corrected chi connectivity index (χ3v) is 8.26. The van der Waals surface area contributed by atoms with Gasteiger partial charge in [0.25, 0.3) is 5.91 Å². The van der Waals surface area contributed by atoms with Crippen LogP contribution in [0.5, 0.6) is 23.1 Å². The molecule has 3 aliphatic heterocycles. The van der Waals surface area contributed by atoms with Crippen LogP contribution in [0.1, 0.15) is 39.5 Å². The van der Waals surface area contributed by atoms with Gasteiger partial charge in [0.05, 0.1) is 18.4 Å². The third-order valence-electron chi connectivity index (χ3n) is 8.26. The number of hydrogen-bond acceptors (Lipinski definition) is 8. The molecule has 11 heteroatoms. The minimum atomic E-state index is -0.485. The highest BCUT2D eigenvalue weighted by Crippen LogP contribution is 2.41. The van der Waals surface area contributed by atoms with Gasteiger partial charge in [0.1, 0.15) is 5.75 Å². The van der Waals surface area contributed by atoms with Crippen LogP contribution >= 0.6 is 0 Å². The molecular weight excluding hydrogens is 586 g/mol. The van der Waals surface area contributed by atoms with E-state index in [0.717, 1.165) is 17.5 Å². The number of carbonyl (C=O) groups is 2. The Labute approximate surface area is 265 Å². The zero-order valence-electron chi connectivity index (χ0n) is 25.2. The molecule has 46 heavy (non-hydrogen) atoms. The maximum absolute atomic E-state index is 14.5. The number of fused-ring (bicyclic) bond motifs is 2. The first-order valence-electron chi connectivity index (χ1n) is 14.8. The van der Waals surface area contributed by atoms with Gasteiger partial charge >= 0.3 is 6.03 Å². The fourth-order valence-corrected chi connectivity index (χ4v) is 5.87. The van der Waals surface area contributed by atoms with Crippen molar-refractivity contribution in [3.63, 3.8) is 0 Å². The summed E-state index contributed by atoms with van der Waals surface area (Å²) < 4.78 is 16.6. The summed E-state index contributed by atoms with van der Waals surface area (Å²) in [7, 11) is 1.50. The van der Waals surface area contributed by atoms with Crippen molar-refractivity contribution < 1.29 is 28.9 Å². The predicted molar refractivity (Wildman–Crippen MR) is 171 cm³/mol. The zero-order valence-corrected chi connectivity index (χ0v) is 25.2. The molecule has 3 amide bonds. The number of benzene rings is 3. The fraction of sp³-hybridized carbons (Fsp3) is 0.171. The van der Waals surface area contributed by atoms with E-state index < -0.39 is 6.03 Å². The van der Waals surface area contributed by atoms with Crippen LogP contribution in [-0.2, 0) is 13.0 Å². The Morgan fingerprint density at radius 3 is 2.57 bits per heavy atom. The molecule has 1 atom stereocenters. The van der Waals surface area contributed by atoms with Crippen LogP contribution in [-0.4, -0.2) is 51.9 Å². The van der Waals surface area contributed by atoms with E-state index in [0.29, 0.717) is 52.0 Å². The number of nitrogens with zero attached hydrogens (tertiary/aromatic N) is 3. The lowest BCUT2D eigenvalue weighted by atomic mass is 9.92. The molecule has 0 saturated carbocycles. The number of carbonyl (C=O) groups excluding carboxylic acids is 2. The molecule has 4 aromatic rings. The van der Waals surface area contributed by atoms with Crippen molar-refractivity contribution in [1.29, 1.82) is 0 Å². The van der Waals surface area contributed by atoms with E-state index in [2.05, 4.69) is 27.9 Å². The average Bonchev–Trinajstić information content (AvgIpc) is 3.55. The zero-order chi connectivity index (χ0) is 31.8. The second-order valence-electron chi connectivity index (χ2n) is 11.2. The van der Waals surface area contributed by atoms with Crippen LogP contribution in [0.3, 0.4) is 0 Å². The number of hydrogen-bond donors (Lipinski definition) is 3. The molecule has 3 aromatic carbocycles. The number of nitrogens with one attached hydrogen (secondary N) is 2. The quantitative estimate of drug-likeness (QED) is 0.266. The molecule has 0 fully saturated rings. The molecule has 7 rings (SSSR count). The van der Waals surface area contributed by atoms with E-state index in [1.165, 1.54) is 23.9 Å². The highest BCUT2D eigenvalue weighted by molar-refractivity contribution is 6.06. The van der Waals surface area contributed by atoms with Gasteiger partial charge in [-0.2, -0.15) is 0 Å². The van der Waals surface area contributed by atoms with Gasteiger partial charge in [-0.25, -0.2) is 14.8 Å². The number of hydrazine groups is 1. The molecule has 3 aliphatic rings. The van der Waals surface area contributed by atoms with E-state index in [1.807, 2.05) is 24.0 Å². The Morgan fingerprint density at radius 2 is 1.78 bits per heavy atom. The van der Waals surface area contributed by atoms with E-state index >= 15 is 0 Å². The minimum absolute atomic E-state index is 0.0288. The van der Waals surface area contributed by atoms with E-state index in [-0.39, 0.29) is 24.5 Å². The third kappa shape index (κ3) is 5.43. The molecule has 0 radical (unpaired) electrons. The summed E-state index contributed by atoms with van der Waals surface area (Å²) in [6.45, 7) is 2.54. The lowest BCUT2D eigenvalue weighted by Gasteiger charge is -2.36. The summed E-state index contributed by atoms with van der Waals surface area (Å²) in [4.78, 5) is 34.0. The van der Waals surface area contributed by atoms with Gasteiger partial charge in [0.2, 0.25) is 12.7 Å². The number of anilines is 1. The maximum Gasteiger partial charge on any atom is 0.344 e. The first-order valence-corrected chi connectivity index (χ1v) is 14.8. The van der Waals surface area contributed by atoms with Gasteiger partial charge in [0.15, 0.2) is 11.5 Å². The standard InChI is InChI=1S/C35H31N5O6/c1-21-15-23-5-3-4-6-24(23)19-39(21)34(42)29-18-31-30(45-20-46-31)17-28(29)33-27(22-7-9-26(41)10-8-22)12-14-40(38-33)35(43)37-25-11-13-36-32(16-25)44-2/h3-14,16-18,21,38,41H,15,19-20H2,1-2H3,(H,36,37,43)/t21-/m1/s1. The number of urea groups is 1. The molecule has 3 N–H and O–H groups in total. The highest BCUT2D eigenvalue weighted by Gasteiger charge is 2.33. The van der Waals surface area contributed by atoms with Crippen LogP contribution in [0.4, 0.5) is 10.5 Å². The van der Waals surface area contributed by atoms with E-state index in [1.54, 1.807) is 60.8 Å². The molecule has 0 spiro atoms. The van der Waals surface area contributed by atoms with Gasteiger partial charge < -0.3 is 29.5 Å².